The minimum Gasteiger partial charge on any atom is -0.508 e. The molecule has 3 aliphatic carbocycles. The van der Waals surface area contributed by atoms with E-state index in [-0.39, 0.29) is 36.0 Å². The Bertz CT molecular complexity index is 2200. The zero-order valence-corrected chi connectivity index (χ0v) is 39.4. The van der Waals surface area contributed by atoms with Gasteiger partial charge in [-0.2, -0.15) is 0 Å². The van der Waals surface area contributed by atoms with Crippen molar-refractivity contribution in [2.24, 2.45) is 29.1 Å². The van der Waals surface area contributed by atoms with Gasteiger partial charge in [-0.3, -0.25) is 14.4 Å². The van der Waals surface area contributed by atoms with Crippen LogP contribution in [0.1, 0.15) is 150 Å². The van der Waals surface area contributed by atoms with Gasteiger partial charge in [0.15, 0.2) is 6.29 Å². The maximum Gasteiger partial charge on any atom is 0.311 e. The molecule has 1 heterocycles. The Morgan fingerprint density at radius 3 is 1.95 bits per heavy atom. The number of ether oxygens (including phenoxy) is 5. The molecule has 4 fully saturated rings. The zero-order valence-electron chi connectivity index (χ0n) is 39.4. The molecule has 9 nitrogen and oxygen atoms in total. The van der Waals surface area contributed by atoms with E-state index >= 15 is 0 Å². The van der Waals surface area contributed by atoms with Gasteiger partial charge in [0.25, 0.3) is 0 Å². The van der Waals surface area contributed by atoms with Crippen LogP contribution in [0.25, 0.3) is 21.5 Å². The lowest BCUT2D eigenvalue weighted by atomic mass is 9.78. The first-order chi connectivity index (χ1) is 30.1. The van der Waals surface area contributed by atoms with Crippen molar-refractivity contribution in [3.63, 3.8) is 0 Å². The van der Waals surface area contributed by atoms with Crippen molar-refractivity contribution >= 4 is 39.5 Å². The number of carbonyl (C=O) groups excluding carboxylic acids is 3. The van der Waals surface area contributed by atoms with Crippen molar-refractivity contribution in [3.8, 4) is 11.5 Å². The van der Waals surface area contributed by atoms with Crippen LogP contribution in [0.3, 0.4) is 0 Å². The number of fused-ring (bicyclic) bond motifs is 3. The molecule has 9 atom stereocenters. The van der Waals surface area contributed by atoms with Crippen molar-refractivity contribution in [2.45, 2.75) is 163 Å². The third-order valence-corrected chi connectivity index (χ3v) is 14.7. The van der Waals surface area contributed by atoms with Crippen LogP contribution in [0, 0.1) is 29.1 Å². The van der Waals surface area contributed by atoms with Gasteiger partial charge in [-0.05, 0) is 154 Å². The molecule has 4 aromatic rings. The van der Waals surface area contributed by atoms with Crippen LogP contribution in [0.4, 0.5) is 0 Å². The largest absolute Gasteiger partial charge is 0.508 e. The van der Waals surface area contributed by atoms with E-state index in [4.69, 9.17) is 23.7 Å². The Morgan fingerprint density at radius 2 is 1.38 bits per heavy atom. The predicted octanol–water partition coefficient (Wildman–Crippen LogP) is 12.6. The van der Waals surface area contributed by atoms with Crippen molar-refractivity contribution < 1.29 is 43.2 Å². The Hall–Kier alpha value is -4.63. The summed E-state index contributed by atoms with van der Waals surface area (Å²) in [5.41, 5.74) is 1.73. The highest BCUT2D eigenvalue weighted by Gasteiger charge is 2.70. The molecule has 9 unspecified atom stereocenters. The van der Waals surface area contributed by atoms with Gasteiger partial charge in [0.1, 0.15) is 29.3 Å². The van der Waals surface area contributed by atoms with Gasteiger partial charge in [-0.25, -0.2) is 0 Å². The lowest BCUT2D eigenvalue weighted by molar-refractivity contribution is -0.178. The Balaban J connectivity index is 0.000000166. The van der Waals surface area contributed by atoms with Crippen molar-refractivity contribution in [2.75, 3.05) is 6.61 Å². The summed E-state index contributed by atoms with van der Waals surface area (Å²) in [6.45, 7) is 21.1. The number of benzene rings is 4. The molecule has 1 aliphatic heterocycles. The molecular formula is C54H72O9. The van der Waals surface area contributed by atoms with Crippen LogP contribution in [-0.4, -0.2) is 53.7 Å². The third-order valence-electron chi connectivity index (χ3n) is 14.7. The number of phenolic OH excluding ortho intramolecular Hbond substituents is 1. The molecule has 63 heavy (non-hydrogen) atoms. The summed E-state index contributed by atoms with van der Waals surface area (Å²) >= 11 is 0. The first kappa shape index (κ1) is 47.8. The third kappa shape index (κ3) is 10.7. The number of esters is 3. The molecule has 0 amide bonds. The van der Waals surface area contributed by atoms with Gasteiger partial charge in [0.05, 0.1) is 17.3 Å². The highest BCUT2D eigenvalue weighted by Crippen LogP contribution is 2.59. The number of hydrogen-bond acceptors (Lipinski definition) is 9. The van der Waals surface area contributed by atoms with E-state index in [1.807, 2.05) is 52.8 Å². The summed E-state index contributed by atoms with van der Waals surface area (Å²) in [7, 11) is 0. The molecule has 342 valence electrons. The molecule has 9 heteroatoms. The number of hydrogen-bond donors (Lipinski definition) is 1. The molecule has 0 radical (unpaired) electrons. The number of rotatable bonds is 14. The molecule has 3 saturated carbocycles. The molecule has 4 aromatic carbocycles. The van der Waals surface area contributed by atoms with Crippen LogP contribution >= 0.6 is 0 Å². The van der Waals surface area contributed by atoms with E-state index < -0.39 is 35.1 Å². The second kappa shape index (κ2) is 20.5. The van der Waals surface area contributed by atoms with Crippen LogP contribution < -0.4 is 4.74 Å². The fourth-order valence-electron chi connectivity index (χ4n) is 9.84. The molecular weight excluding hydrogens is 793 g/mol. The maximum absolute atomic E-state index is 13.2. The van der Waals surface area contributed by atoms with Crippen LogP contribution in [-0.2, 0) is 33.3 Å². The summed E-state index contributed by atoms with van der Waals surface area (Å²) < 4.78 is 28.7. The molecule has 1 N–H and O–H groups in total. The highest BCUT2D eigenvalue weighted by atomic mass is 16.7. The summed E-state index contributed by atoms with van der Waals surface area (Å²) in [6, 6.07) is 24.8. The van der Waals surface area contributed by atoms with Gasteiger partial charge in [0.2, 0.25) is 0 Å². The summed E-state index contributed by atoms with van der Waals surface area (Å²) in [5, 5.41) is 14.2. The lowest BCUT2D eigenvalue weighted by Gasteiger charge is -2.35. The fourth-order valence-corrected chi connectivity index (χ4v) is 9.84. The van der Waals surface area contributed by atoms with E-state index in [0.29, 0.717) is 37.0 Å². The number of aromatic hydroxyl groups is 1. The van der Waals surface area contributed by atoms with E-state index in [0.717, 1.165) is 56.1 Å². The van der Waals surface area contributed by atoms with Crippen LogP contribution in [0.5, 0.6) is 11.5 Å². The lowest BCUT2D eigenvalue weighted by Crippen LogP contribution is -2.46. The normalized spacial score (nSPS) is 24.4. The average molecular weight is 865 g/mol. The monoisotopic (exact) mass is 865 g/mol. The molecule has 1 saturated heterocycles. The van der Waals surface area contributed by atoms with Crippen molar-refractivity contribution in [1.82, 2.24) is 0 Å². The second-order valence-electron chi connectivity index (χ2n) is 19.1. The summed E-state index contributed by atoms with van der Waals surface area (Å²) in [5.74, 6) is 0.227. The van der Waals surface area contributed by atoms with E-state index in [1.165, 1.54) is 27.3 Å². The van der Waals surface area contributed by atoms with Gasteiger partial charge in [0, 0.05) is 18.4 Å². The molecule has 2 bridgehead atoms. The van der Waals surface area contributed by atoms with Gasteiger partial charge in [-0.15, -0.1) is 0 Å². The van der Waals surface area contributed by atoms with Crippen LogP contribution in [0.2, 0.25) is 0 Å². The van der Waals surface area contributed by atoms with Crippen molar-refractivity contribution in [3.05, 3.63) is 83.9 Å². The minimum atomic E-state index is -0.601. The van der Waals surface area contributed by atoms with Gasteiger partial charge < -0.3 is 28.8 Å². The number of phenols is 1. The Morgan fingerprint density at radius 1 is 0.794 bits per heavy atom. The summed E-state index contributed by atoms with van der Waals surface area (Å²) in [6.07, 6.45) is 7.18. The van der Waals surface area contributed by atoms with E-state index in [1.54, 1.807) is 6.07 Å². The quantitative estimate of drug-likeness (QED) is 0.0751. The Kier molecular flexibility index (Phi) is 15.5. The number of carbonyl (C=O) groups is 3. The fraction of sp³-hybridized carbons (Fsp3) is 0.574. The molecule has 0 spiro atoms. The van der Waals surface area contributed by atoms with Gasteiger partial charge >= 0.3 is 17.9 Å². The zero-order chi connectivity index (χ0) is 45.6. The summed E-state index contributed by atoms with van der Waals surface area (Å²) in [4.78, 5) is 38.4. The van der Waals surface area contributed by atoms with Crippen molar-refractivity contribution in [1.29, 1.82) is 0 Å². The maximum atomic E-state index is 13.2. The van der Waals surface area contributed by atoms with E-state index in [9.17, 15) is 19.5 Å². The van der Waals surface area contributed by atoms with E-state index in [2.05, 4.69) is 83.1 Å². The topological polar surface area (TPSA) is 118 Å². The Labute approximate surface area is 375 Å². The standard InChI is InChI=1S/C22H32O6.C18H24O2.C14H16O/c1-5-21(3,4)20(25)27-17-13-11-12-14(18(23)26-16(12)17)15(13)19(24)28-22(6-2)9-7-8-10-22;1-5-13(3)16-8-7-15-9-10-18(12-17(15)11-16)20-14(4)19-6-2;1-3-10(2)12-5-4-11-6-7-14(15)9-13(11)8-12/h12-17H,5-11H2,1-4H3;7-14H,5-6H2,1-4H3;4-10,15H,3H2,1-2H3. The molecule has 4 aliphatic rings. The van der Waals surface area contributed by atoms with Crippen LogP contribution in [0.15, 0.2) is 72.8 Å². The predicted molar refractivity (Wildman–Crippen MR) is 249 cm³/mol. The molecule has 0 aromatic heterocycles. The average Bonchev–Trinajstić information content (AvgIpc) is 4.05. The van der Waals surface area contributed by atoms with Gasteiger partial charge in [-0.1, -0.05) is 90.1 Å². The molecule has 8 rings (SSSR count). The second-order valence-corrected chi connectivity index (χ2v) is 19.1. The minimum absolute atomic E-state index is 0.0428. The first-order valence-corrected chi connectivity index (χ1v) is 23.8. The first-order valence-electron chi connectivity index (χ1n) is 23.8. The smallest absolute Gasteiger partial charge is 0.311 e. The highest BCUT2D eigenvalue weighted by molar-refractivity contribution is 5.87. The SMILES string of the molecule is CCC(C)c1ccc2ccc(O)cc2c1.CCC1(OC(=O)C2C3CC4C(OC(=O)C42)C3OC(=O)C(C)(C)CC)CCCC1.CCOC(C)Oc1ccc2ccc(C(C)CC)cc2c1.